The third-order valence-electron chi connectivity index (χ3n) is 5.90. The molecule has 1 aromatic heterocycles. The van der Waals surface area contributed by atoms with Crippen molar-refractivity contribution in [2.24, 2.45) is 11.5 Å². The third kappa shape index (κ3) is 5.63. The summed E-state index contributed by atoms with van der Waals surface area (Å²) in [6.07, 6.45) is 0.712. The third-order valence-corrected chi connectivity index (χ3v) is 8.40. The highest BCUT2D eigenvalue weighted by molar-refractivity contribution is 8.01. The number of nitrogens with one attached hydrogen (secondary N) is 3. The molecule has 3 heterocycles. The molecular formula is C21H23N9O6S2. The van der Waals surface area contributed by atoms with Gasteiger partial charge in [-0.3, -0.25) is 24.1 Å². The minimum Gasteiger partial charge on any atom is -0.477 e. The molecule has 2 aromatic rings. The van der Waals surface area contributed by atoms with Crippen LogP contribution in [0.4, 0.5) is 5.69 Å². The van der Waals surface area contributed by atoms with Gasteiger partial charge in [-0.05, 0) is 40.1 Å². The Bertz CT molecular complexity index is 1270. The van der Waals surface area contributed by atoms with Crippen LogP contribution in [0.2, 0.25) is 0 Å². The molecule has 2 aliphatic heterocycles. The number of benzene rings is 1. The van der Waals surface area contributed by atoms with Crippen LogP contribution in [0.3, 0.4) is 0 Å². The van der Waals surface area contributed by atoms with E-state index in [-0.39, 0.29) is 24.3 Å². The molecule has 200 valence electrons. The summed E-state index contributed by atoms with van der Waals surface area (Å²) in [6.45, 7) is 0. The number of β-lactam (4-membered cyclic amide) rings is 1. The largest absolute Gasteiger partial charge is 0.477 e. The van der Waals surface area contributed by atoms with E-state index in [1.54, 1.807) is 24.3 Å². The molecule has 1 aromatic carbocycles. The fourth-order valence-corrected chi connectivity index (χ4v) is 6.60. The Morgan fingerprint density at radius 1 is 1.32 bits per heavy atom. The Morgan fingerprint density at radius 3 is 2.66 bits per heavy atom. The number of H-pyrrole nitrogens is 1. The van der Waals surface area contributed by atoms with E-state index in [9.17, 15) is 29.1 Å². The van der Waals surface area contributed by atoms with Crippen molar-refractivity contribution in [1.29, 1.82) is 0 Å². The highest BCUT2D eigenvalue weighted by atomic mass is 32.2. The number of aromatic nitrogens is 4. The lowest BCUT2D eigenvalue weighted by Crippen LogP contribution is -2.71. The number of aliphatic carboxylic acids is 1. The summed E-state index contributed by atoms with van der Waals surface area (Å²) in [7, 11) is 0. The molecule has 4 amide bonds. The standard InChI is InChI=1S/C21H23N9O6S2/c22-13(32)6-5-12(38-21-26-28-29-27-21)11-7-37-19-15(18(34)30(19)16(11)20(35)36)25-17(33)14(23)9-1-3-10(4-2-9)24-8-31/h1-4,8,12,14-15,19H,5-7,23H2,(H2,22,32)(H,24,31)(H,25,33)(H,35,36)(H,26,27,28,29)/t12?,14?,15?,19-/m0/s1. The number of anilines is 1. The second-order valence-electron chi connectivity index (χ2n) is 8.25. The first-order chi connectivity index (χ1) is 18.2. The van der Waals surface area contributed by atoms with E-state index in [0.717, 1.165) is 16.7 Å². The van der Waals surface area contributed by atoms with E-state index in [1.165, 1.54) is 11.8 Å². The normalized spacial score (nSPS) is 20.1. The molecule has 0 spiro atoms. The number of hydrogen-bond donors (Lipinski definition) is 6. The first-order valence-corrected chi connectivity index (χ1v) is 13.1. The molecule has 1 saturated heterocycles. The Balaban J connectivity index is 1.51. The number of nitrogens with two attached hydrogens (primary N) is 2. The van der Waals surface area contributed by atoms with Gasteiger partial charge >= 0.3 is 5.97 Å². The molecule has 17 heteroatoms. The summed E-state index contributed by atoms with van der Waals surface area (Å²) in [6, 6.07) is 4.25. The second-order valence-corrected chi connectivity index (χ2v) is 10.6. The van der Waals surface area contributed by atoms with Crippen LogP contribution in [-0.4, -0.2) is 83.2 Å². The molecule has 4 atom stereocenters. The van der Waals surface area contributed by atoms with Gasteiger partial charge in [0, 0.05) is 23.1 Å². The Labute approximate surface area is 223 Å². The van der Waals surface area contributed by atoms with Gasteiger partial charge in [0.1, 0.15) is 23.2 Å². The number of carbonyl (C=O) groups is 5. The van der Waals surface area contributed by atoms with Crippen molar-refractivity contribution >= 4 is 59.3 Å². The minimum atomic E-state index is -1.32. The first-order valence-electron chi connectivity index (χ1n) is 11.2. The Kier molecular flexibility index (Phi) is 8.28. The van der Waals surface area contributed by atoms with E-state index in [4.69, 9.17) is 11.5 Å². The summed E-state index contributed by atoms with van der Waals surface area (Å²) in [4.78, 5) is 61.3. The van der Waals surface area contributed by atoms with Crippen LogP contribution in [0.5, 0.6) is 0 Å². The molecule has 4 rings (SSSR count). The number of fused-ring (bicyclic) bond motifs is 1. The van der Waals surface area contributed by atoms with Crippen molar-refractivity contribution in [3.05, 3.63) is 41.1 Å². The summed E-state index contributed by atoms with van der Waals surface area (Å²) < 4.78 is 0. The zero-order chi connectivity index (χ0) is 27.4. The van der Waals surface area contributed by atoms with Crippen LogP contribution in [0.1, 0.15) is 24.4 Å². The van der Waals surface area contributed by atoms with Gasteiger partial charge in [-0.1, -0.05) is 23.9 Å². The van der Waals surface area contributed by atoms with Crippen LogP contribution in [0.25, 0.3) is 0 Å². The van der Waals surface area contributed by atoms with Gasteiger partial charge in [-0.25, -0.2) is 9.89 Å². The molecule has 0 aliphatic carbocycles. The predicted molar refractivity (Wildman–Crippen MR) is 135 cm³/mol. The number of hydrogen-bond acceptors (Lipinski definition) is 11. The summed E-state index contributed by atoms with van der Waals surface area (Å²) in [5.74, 6) is -2.86. The van der Waals surface area contributed by atoms with Gasteiger partial charge in [0.05, 0.1) is 0 Å². The molecule has 0 saturated carbocycles. The highest BCUT2D eigenvalue weighted by Crippen LogP contribution is 2.44. The SMILES string of the molecule is NC(=O)CCC(Sc1nnn[nH]1)C1=C(C(=O)O)N2C(=O)C(NC(=O)C(N)c3ccc(NC=O)cc3)[C@@H]2SC1. The number of tetrazole rings is 1. The van der Waals surface area contributed by atoms with Crippen LogP contribution >= 0.6 is 23.5 Å². The Hall–Kier alpha value is -3.96. The van der Waals surface area contributed by atoms with Gasteiger partial charge in [0.25, 0.3) is 5.91 Å². The quantitative estimate of drug-likeness (QED) is 0.103. The van der Waals surface area contributed by atoms with Gasteiger partial charge in [0.15, 0.2) is 0 Å². The average molecular weight is 562 g/mol. The number of amides is 4. The molecule has 8 N–H and O–H groups in total. The number of carbonyl (C=O) groups excluding carboxylic acids is 4. The van der Waals surface area contributed by atoms with Crippen molar-refractivity contribution in [1.82, 2.24) is 30.8 Å². The van der Waals surface area contributed by atoms with Crippen LogP contribution in [0, 0.1) is 0 Å². The monoisotopic (exact) mass is 561 g/mol. The lowest BCUT2D eigenvalue weighted by molar-refractivity contribution is -0.150. The van der Waals surface area contributed by atoms with Gasteiger partial charge in [-0.15, -0.1) is 16.9 Å². The van der Waals surface area contributed by atoms with Gasteiger partial charge in [0.2, 0.25) is 23.4 Å². The molecular weight excluding hydrogens is 538 g/mol. The number of carboxylic acids is 1. The van der Waals surface area contributed by atoms with Crippen LogP contribution in [0.15, 0.2) is 40.7 Å². The van der Waals surface area contributed by atoms with Crippen molar-refractivity contribution in [3.8, 4) is 0 Å². The number of thioether (sulfide) groups is 2. The van der Waals surface area contributed by atoms with Crippen molar-refractivity contribution in [2.75, 3.05) is 11.1 Å². The maximum absolute atomic E-state index is 13.1. The number of carboxylic acid groups (broad SMARTS) is 1. The van der Waals surface area contributed by atoms with Crippen molar-refractivity contribution in [3.63, 3.8) is 0 Å². The van der Waals surface area contributed by atoms with E-state index < -0.39 is 46.4 Å². The molecule has 38 heavy (non-hydrogen) atoms. The number of nitrogens with zero attached hydrogens (tertiary/aromatic N) is 4. The number of primary amides is 1. The highest BCUT2D eigenvalue weighted by Gasteiger charge is 2.55. The maximum Gasteiger partial charge on any atom is 0.352 e. The lowest BCUT2D eigenvalue weighted by Gasteiger charge is -2.50. The molecule has 15 nitrogen and oxygen atoms in total. The van der Waals surface area contributed by atoms with E-state index in [0.29, 0.717) is 28.4 Å². The van der Waals surface area contributed by atoms with Crippen LogP contribution < -0.4 is 22.1 Å². The fourth-order valence-electron chi connectivity index (χ4n) is 4.05. The van der Waals surface area contributed by atoms with E-state index in [2.05, 4.69) is 31.3 Å². The fraction of sp³-hybridized carbons (Fsp3) is 0.333. The molecule has 0 bridgehead atoms. The maximum atomic E-state index is 13.1. The summed E-state index contributed by atoms with van der Waals surface area (Å²) in [5.41, 5.74) is 12.6. The summed E-state index contributed by atoms with van der Waals surface area (Å²) in [5, 5.41) is 27.6. The first kappa shape index (κ1) is 27.1. The van der Waals surface area contributed by atoms with E-state index in [1.807, 2.05) is 0 Å². The van der Waals surface area contributed by atoms with Gasteiger partial charge in [-0.2, -0.15) is 0 Å². The minimum absolute atomic E-state index is 0.0135. The zero-order valence-electron chi connectivity index (χ0n) is 19.6. The average Bonchev–Trinajstić information content (AvgIpc) is 3.42. The summed E-state index contributed by atoms with van der Waals surface area (Å²) >= 11 is 2.41. The molecule has 2 aliphatic rings. The van der Waals surface area contributed by atoms with Crippen LogP contribution in [-0.2, 0) is 24.0 Å². The molecule has 0 radical (unpaired) electrons. The number of rotatable bonds is 12. The zero-order valence-corrected chi connectivity index (χ0v) is 21.2. The van der Waals surface area contributed by atoms with E-state index >= 15 is 0 Å². The second kappa shape index (κ2) is 11.6. The predicted octanol–water partition coefficient (Wildman–Crippen LogP) is -1.07. The van der Waals surface area contributed by atoms with Gasteiger partial charge < -0.3 is 27.2 Å². The molecule has 3 unspecified atom stereocenters. The lowest BCUT2D eigenvalue weighted by atomic mass is 9.99. The topological polar surface area (TPSA) is 239 Å². The number of aromatic amines is 1. The Morgan fingerprint density at radius 2 is 2.05 bits per heavy atom. The smallest absolute Gasteiger partial charge is 0.352 e. The molecule has 1 fully saturated rings. The van der Waals surface area contributed by atoms with Crippen molar-refractivity contribution < 1.29 is 29.1 Å². The van der Waals surface area contributed by atoms with Crippen molar-refractivity contribution in [2.45, 2.75) is 40.7 Å².